The third-order valence-electron chi connectivity index (χ3n) is 5.02. The highest BCUT2D eigenvalue weighted by Gasteiger charge is 2.29. The predicted octanol–water partition coefficient (Wildman–Crippen LogP) is 3.13. The van der Waals surface area contributed by atoms with Gasteiger partial charge in [0.15, 0.2) is 0 Å². The molecule has 1 aliphatic carbocycles. The summed E-state index contributed by atoms with van der Waals surface area (Å²) in [6.07, 6.45) is 2.80. The standard InChI is InChI=1S/C21H26N2O3/c1-22(13-12-21(25)26)20(24)11-14-23(18-9-10-18)15-17-7-4-6-16-5-2-3-8-19(16)17/h2-8,18H,9-15H2,1H3,(H,25,26). The average Bonchev–Trinajstić information content (AvgIpc) is 3.48. The normalized spacial score (nSPS) is 13.9. The van der Waals surface area contributed by atoms with Gasteiger partial charge in [0.05, 0.1) is 6.42 Å². The van der Waals surface area contributed by atoms with E-state index in [1.807, 2.05) is 0 Å². The Morgan fingerprint density at radius 2 is 1.77 bits per heavy atom. The molecular formula is C21H26N2O3. The Morgan fingerprint density at radius 3 is 2.50 bits per heavy atom. The van der Waals surface area contributed by atoms with Crippen molar-refractivity contribution in [3.8, 4) is 0 Å². The largest absolute Gasteiger partial charge is 0.481 e. The number of carbonyl (C=O) groups excluding carboxylic acids is 1. The Balaban J connectivity index is 1.61. The second kappa shape index (κ2) is 8.32. The lowest BCUT2D eigenvalue weighted by Crippen LogP contribution is -2.34. The molecule has 0 bridgehead atoms. The van der Waals surface area contributed by atoms with Gasteiger partial charge >= 0.3 is 5.97 Å². The number of rotatable bonds is 9. The first-order chi connectivity index (χ1) is 12.5. The van der Waals surface area contributed by atoms with E-state index in [9.17, 15) is 9.59 Å². The van der Waals surface area contributed by atoms with Crippen LogP contribution >= 0.6 is 0 Å². The number of nitrogens with zero attached hydrogens (tertiary/aromatic N) is 2. The first kappa shape index (κ1) is 18.4. The number of amides is 1. The van der Waals surface area contributed by atoms with Crippen LogP contribution in [-0.2, 0) is 16.1 Å². The molecule has 0 saturated heterocycles. The molecule has 5 nitrogen and oxygen atoms in total. The summed E-state index contributed by atoms with van der Waals surface area (Å²) in [5, 5.41) is 11.3. The number of benzene rings is 2. The third-order valence-corrected chi connectivity index (χ3v) is 5.02. The van der Waals surface area contributed by atoms with Gasteiger partial charge in [0.25, 0.3) is 0 Å². The summed E-state index contributed by atoms with van der Waals surface area (Å²) in [7, 11) is 1.68. The lowest BCUT2D eigenvalue weighted by Gasteiger charge is -2.24. The second-order valence-corrected chi connectivity index (χ2v) is 7.05. The van der Waals surface area contributed by atoms with E-state index in [0.717, 1.165) is 6.54 Å². The molecule has 5 heteroatoms. The van der Waals surface area contributed by atoms with Crippen LogP contribution in [-0.4, -0.2) is 53.0 Å². The van der Waals surface area contributed by atoms with Crippen molar-refractivity contribution in [2.45, 2.75) is 38.3 Å². The summed E-state index contributed by atoms with van der Waals surface area (Å²) >= 11 is 0. The fourth-order valence-electron chi connectivity index (χ4n) is 3.30. The maximum Gasteiger partial charge on any atom is 0.305 e. The van der Waals surface area contributed by atoms with Crippen LogP contribution in [0, 0.1) is 0 Å². The molecule has 1 fully saturated rings. The molecule has 0 atom stereocenters. The van der Waals surface area contributed by atoms with Gasteiger partial charge in [-0.3, -0.25) is 14.5 Å². The molecule has 2 aromatic carbocycles. The smallest absolute Gasteiger partial charge is 0.305 e. The van der Waals surface area contributed by atoms with Crippen LogP contribution in [0.25, 0.3) is 10.8 Å². The van der Waals surface area contributed by atoms with Crippen LogP contribution in [0.2, 0.25) is 0 Å². The zero-order chi connectivity index (χ0) is 18.5. The van der Waals surface area contributed by atoms with E-state index in [-0.39, 0.29) is 18.9 Å². The predicted molar refractivity (Wildman–Crippen MR) is 102 cm³/mol. The molecule has 3 rings (SSSR count). The zero-order valence-corrected chi connectivity index (χ0v) is 15.2. The second-order valence-electron chi connectivity index (χ2n) is 7.05. The van der Waals surface area contributed by atoms with Crippen molar-refractivity contribution >= 4 is 22.6 Å². The van der Waals surface area contributed by atoms with Crippen LogP contribution in [0.3, 0.4) is 0 Å². The minimum Gasteiger partial charge on any atom is -0.481 e. The van der Waals surface area contributed by atoms with E-state index in [0.29, 0.717) is 19.0 Å². The molecule has 0 aliphatic heterocycles. The van der Waals surface area contributed by atoms with Gasteiger partial charge in [0, 0.05) is 39.1 Å². The van der Waals surface area contributed by atoms with Gasteiger partial charge in [-0.25, -0.2) is 0 Å². The van der Waals surface area contributed by atoms with Gasteiger partial charge in [-0.05, 0) is 29.2 Å². The molecule has 1 aliphatic rings. The minimum absolute atomic E-state index is 0.00909. The molecule has 1 saturated carbocycles. The molecule has 1 N–H and O–H groups in total. The van der Waals surface area contributed by atoms with E-state index in [1.165, 1.54) is 34.1 Å². The number of hydrogen-bond donors (Lipinski definition) is 1. The van der Waals surface area contributed by atoms with Gasteiger partial charge in [0.1, 0.15) is 0 Å². The number of aliphatic carboxylic acids is 1. The monoisotopic (exact) mass is 354 g/mol. The minimum atomic E-state index is -0.875. The summed E-state index contributed by atoms with van der Waals surface area (Å²) in [4.78, 5) is 26.8. The lowest BCUT2D eigenvalue weighted by molar-refractivity contribution is -0.138. The number of carboxylic acids is 1. The molecule has 26 heavy (non-hydrogen) atoms. The molecular weight excluding hydrogens is 328 g/mol. The van der Waals surface area contributed by atoms with Crippen LogP contribution in [0.5, 0.6) is 0 Å². The van der Waals surface area contributed by atoms with Crippen LogP contribution in [0.1, 0.15) is 31.2 Å². The molecule has 0 heterocycles. The summed E-state index contributed by atoms with van der Waals surface area (Å²) < 4.78 is 0. The van der Waals surface area contributed by atoms with Crippen molar-refractivity contribution in [2.75, 3.05) is 20.1 Å². The molecule has 1 amide bonds. The van der Waals surface area contributed by atoms with E-state index >= 15 is 0 Å². The summed E-state index contributed by atoms with van der Waals surface area (Å²) in [6.45, 7) is 1.82. The van der Waals surface area contributed by atoms with Crippen molar-refractivity contribution in [1.82, 2.24) is 9.80 Å². The number of hydrogen-bond acceptors (Lipinski definition) is 3. The Bertz CT molecular complexity index is 780. The first-order valence-corrected chi connectivity index (χ1v) is 9.21. The summed E-state index contributed by atoms with van der Waals surface area (Å²) in [5.74, 6) is -0.866. The third kappa shape index (κ3) is 4.82. The Kier molecular flexibility index (Phi) is 5.89. The molecule has 138 valence electrons. The molecule has 0 radical (unpaired) electrons. The highest BCUT2D eigenvalue weighted by molar-refractivity contribution is 5.85. The average molecular weight is 354 g/mol. The first-order valence-electron chi connectivity index (χ1n) is 9.21. The number of carboxylic acid groups (broad SMARTS) is 1. The van der Waals surface area contributed by atoms with Gasteiger partial charge in [-0.15, -0.1) is 0 Å². The maximum absolute atomic E-state index is 12.3. The van der Waals surface area contributed by atoms with Crippen LogP contribution in [0.4, 0.5) is 0 Å². The van der Waals surface area contributed by atoms with Crippen molar-refractivity contribution in [3.05, 3.63) is 48.0 Å². The maximum atomic E-state index is 12.3. The molecule has 0 unspecified atom stereocenters. The lowest BCUT2D eigenvalue weighted by atomic mass is 10.0. The Labute approximate surface area is 154 Å². The Morgan fingerprint density at radius 1 is 1.04 bits per heavy atom. The van der Waals surface area contributed by atoms with Gasteiger partial charge in [0.2, 0.25) is 5.91 Å². The van der Waals surface area contributed by atoms with E-state index in [4.69, 9.17) is 5.11 Å². The summed E-state index contributed by atoms with van der Waals surface area (Å²) in [6, 6.07) is 15.3. The molecule has 0 aromatic heterocycles. The molecule has 0 spiro atoms. The van der Waals surface area contributed by atoms with Gasteiger partial charge in [-0.1, -0.05) is 42.5 Å². The van der Waals surface area contributed by atoms with Crippen LogP contribution in [0.15, 0.2) is 42.5 Å². The SMILES string of the molecule is CN(CCC(=O)O)C(=O)CCN(Cc1cccc2ccccc12)C1CC1. The number of fused-ring (bicyclic) bond motifs is 1. The van der Waals surface area contributed by atoms with Crippen molar-refractivity contribution in [2.24, 2.45) is 0 Å². The van der Waals surface area contributed by atoms with E-state index in [1.54, 1.807) is 7.05 Å². The van der Waals surface area contributed by atoms with Crippen molar-refractivity contribution < 1.29 is 14.7 Å². The van der Waals surface area contributed by atoms with Crippen molar-refractivity contribution in [1.29, 1.82) is 0 Å². The fraction of sp³-hybridized carbons (Fsp3) is 0.429. The summed E-state index contributed by atoms with van der Waals surface area (Å²) in [5.41, 5.74) is 1.29. The highest BCUT2D eigenvalue weighted by Crippen LogP contribution is 2.30. The van der Waals surface area contributed by atoms with Gasteiger partial charge < -0.3 is 10.0 Å². The quantitative estimate of drug-likeness (QED) is 0.752. The topological polar surface area (TPSA) is 60.9 Å². The van der Waals surface area contributed by atoms with Crippen LogP contribution < -0.4 is 0 Å². The van der Waals surface area contributed by atoms with E-state index in [2.05, 4.69) is 47.4 Å². The zero-order valence-electron chi connectivity index (χ0n) is 15.2. The highest BCUT2D eigenvalue weighted by atomic mass is 16.4. The molecule has 2 aromatic rings. The fourth-order valence-corrected chi connectivity index (χ4v) is 3.30. The van der Waals surface area contributed by atoms with E-state index < -0.39 is 5.97 Å². The van der Waals surface area contributed by atoms with Gasteiger partial charge in [-0.2, -0.15) is 0 Å². The Hall–Kier alpha value is -2.40. The van der Waals surface area contributed by atoms with Crippen molar-refractivity contribution in [3.63, 3.8) is 0 Å². The number of carbonyl (C=O) groups is 2.